The molecule has 0 spiro atoms. The number of hydrogen-bond donors (Lipinski definition) is 2. The number of urea groups is 1. The molecule has 184 valence electrons. The van der Waals surface area contributed by atoms with Crippen LogP contribution in [0.1, 0.15) is 58.9 Å². The van der Waals surface area contributed by atoms with E-state index in [4.69, 9.17) is 14.2 Å². The molecule has 4 rings (SSSR count). The SMILES string of the molecule is C[C@H]1CCCC[C@H]1NC(=O)NC(=O)COC(=O)c1ccccc1C(=O)c1ccc2c(c1)OCCO2. The molecule has 0 bridgehead atoms. The number of nitrogens with one attached hydrogen (secondary N) is 2. The number of rotatable bonds is 6. The highest BCUT2D eigenvalue weighted by atomic mass is 16.6. The van der Waals surface area contributed by atoms with Gasteiger partial charge in [-0.1, -0.05) is 38.0 Å². The third kappa shape index (κ3) is 5.98. The van der Waals surface area contributed by atoms with Crippen molar-refractivity contribution in [2.24, 2.45) is 5.92 Å². The zero-order valence-electron chi connectivity index (χ0n) is 19.5. The number of carbonyl (C=O) groups is 4. The van der Waals surface area contributed by atoms with Crippen LogP contribution in [0.4, 0.5) is 4.79 Å². The molecule has 0 aromatic heterocycles. The Morgan fingerprint density at radius 3 is 2.43 bits per heavy atom. The van der Waals surface area contributed by atoms with Gasteiger partial charge >= 0.3 is 12.0 Å². The van der Waals surface area contributed by atoms with Crippen molar-refractivity contribution in [2.75, 3.05) is 19.8 Å². The van der Waals surface area contributed by atoms with Gasteiger partial charge in [-0.15, -0.1) is 0 Å². The fourth-order valence-corrected chi connectivity index (χ4v) is 4.31. The highest BCUT2D eigenvalue weighted by molar-refractivity contribution is 6.14. The molecule has 1 saturated carbocycles. The maximum absolute atomic E-state index is 13.1. The van der Waals surface area contributed by atoms with Crippen molar-refractivity contribution in [3.8, 4) is 11.5 Å². The molecule has 1 aliphatic heterocycles. The highest BCUT2D eigenvalue weighted by Gasteiger charge is 2.25. The number of esters is 1. The van der Waals surface area contributed by atoms with Crippen LogP contribution in [0.25, 0.3) is 0 Å². The molecule has 9 heteroatoms. The lowest BCUT2D eigenvalue weighted by Crippen LogP contribution is -2.48. The van der Waals surface area contributed by atoms with E-state index in [-0.39, 0.29) is 17.2 Å². The minimum Gasteiger partial charge on any atom is -0.486 e. The van der Waals surface area contributed by atoms with Crippen LogP contribution in [0.15, 0.2) is 42.5 Å². The molecule has 35 heavy (non-hydrogen) atoms. The summed E-state index contributed by atoms with van der Waals surface area (Å²) in [5.74, 6) is -0.656. The average Bonchev–Trinajstić information content (AvgIpc) is 2.88. The van der Waals surface area contributed by atoms with E-state index in [1.807, 2.05) is 0 Å². The average molecular weight is 481 g/mol. The summed E-state index contributed by atoms with van der Waals surface area (Å²) in [6.45, 7) is 2.23. The summed E-state index contributed by atoms with van der Waals surface area (Å²) in [7, 11) is 0. The Balaban J connectivity index is 1.36. The first-order valence-electron chi connectivity index (χ1n) is 11.7. The first-order chi connectivity index (χ1) is 16.9. The lowest BCUT2D eigenvalue weighted by atomic mass is 9.86. The van der Waals surface area contributed by atoms with Crippen molar-refractivity contribution in [3.63, 3.8) is 0 Å². The van der Waals surface area contributed by atoms with E-state index in [9.17, 15) is 19.2 Å². The number of carbonyl (C=O) groups excluding carboxylic acids is 4. The summed E-state index contributed by atoms with van der Waals surface area (Å²) in [5.41, 5.74) is 0.458. The molecule has 0 radical (unpaired) electrons. The van der Waals surface area contributed by atoms with Gasteiger partial charge in [0.05, 0.1) is 5.56 Å². The van der Waals surface area contributed by atoms with Gasteiger partial charge in [0, 0.05) is 17.2 Å². The van der Waals surface area contributed by atoms with E-state index in [1.54, 1.807) is 30.3 Å². The van der Waals surface area contributed by atoms with Crippen LogP contribution in [-0.2, 0) is 9.53 Å². The molecule has 9 nitrogen and oxygen atoms in total. The Bertz CT molecular complexity index is 1130. The number of ether oxygens (including phenoxy) is 3. The smallest absolute Gasteiger partial charge is 0.339 e. The van der Waals surface area contributed by atoms with E-state index in [0.29, 0.717) is 36.2 Å². The lowest BCUT2D eigenvalue weighted by molar-refractivity contribution is -0.123. The van der Waals surface area contributed by atoms with Crippen LogP contribution in [-0.4, -0.2) is 49.6 Å². The Hall–Kier alpha value is -3.88. The zero-order valence-corrected chi connectivity index (χ0v) is 19.5. The van der Waals surface area contributed by atoms with Crippen LogP contribution in [0.2, 0.25) is 0 Å². The molecule has 2 aromatic carbocycles. The Morgan fingerprint density at radius 1 is 0.943 bits per heavy atom. The second kappa shape index (κ2) is 11.0. The van der Waals surface area contributed by atoms with Gasteiger partial charge in [0.1, 0.15) is 13.2 Å². The van der Waals surface area contributed by atoms with Gasteiger partial charge in [0.25, 0.3) is 5.91 Å². The summed E-state index contributed by atoms with van der Waals surface area (Å²) >= 11 is 0. The minimum atomic E-state index is -0.844. The quantitative estimate of drug-likeness (QED) is 0.481. The van der Waals surface area contributed by atoms with Crippen LogP contribution < -0.4 is 20.1 Å². The van der Waals surface area contributed by atoms with Gasteiger partial charge in [-0.2, -0.15) is 0 Å². The van der Waals surface area contributed by atoms with Crippen molar-refractivity contribution < 1.29 is 33.4 Å². The Kier molecular flexibility index (Phi) is 7.64. The zero-order chi connectivity index (χ0) is 24.8. The highest BCUT2D eigenvalue weighted by Crippen LogP contribution is 2.31. The first-order valence-corrected chi connectivity index (χ1v) is 11.7. The third-order valence-electron chi connectivity index (χ3n) is 6.21. The van der Waals surface area contributed by atoms with Crippen molar-refractivity contribution in [1.82, 2.24) is 10.6 Å². The summed E-state index contributed by atoms with van der Waals surface area (Å²) in [5, 5.41) is 5.00. The summed E-state index contributed by atoms with van der Waals surface area (Å²) < 4.78 is 16.1. The molecule has 1 fully saturated rings. The minimum absolute atomic E-state index is 0.0116. The Morgan fingerprint density at radius 2 is 1.66 bits per heavy atom. The molecule has 0 unspecified atom stereocenters. The maximum Gasteiger partial charge on any atom is 0.339 e. The topological polar surface area (TPSA) is 120 Å². The van der Waals surface area contributed by atoms with Crippen LogP contribution in [0.5, 0.6) is 11.5 Å². The monoisotopic (exact) mass is 480 g/mol. The van der Waals surface area contributed by atoms with Crippen LogP contribution >= 0.6 is 0 Å². The standard InChI is InChI=1S/C26H28N2O7/c1-16-6-2-5-9-20(16)27-26(32)28-23(29)15-35-25(31)19-8-4-3-7-18(19)24(30)17-10-11-21-22(14-17)34-13-12-33-21/h3-4,7-8,10-11,14,16,20H,2,5-6,9,12-13,15H2,1H3,(H2,27,28,29,32)/t16-,20+/m0/s1. The number of fused-ring (bicyclic) bond motifs is 1. The van der Waals surface area contributed by atoms with Gasteiger partial charge < -0.3 is 19.5 Å². The predicted molar refractivity (Wildman–Crippen MR) is 126 cm³/mol. The van der Waals surface area contributed by atoms with Crippen molar-refractivity contribution in [1.29, 1.82) is 0 Å². The van der Waals surface area contributed by atoms with Gasteiger partial charge in [-0.3, -0.25) is 14.9 Å². The number of ketones is 1. The maximum atomic E-state index is 13.1. The number of amides is 3. The molecule has 0 saturated heterocycles. The van der Waals surface area contributed by atoms with Crippen molar-refractivity contribution >= 4 is 23.7 Å². The fourth-order valence-electron chi connectivity index (χ4n) is 4.31. The van der Waals surface area contributed by atoms with E-state index in [2.05, 4.69) is 17.6 Å². The predicted octanol–water partition coefficient (Wildman–Crippen LogP) is 3.25. The van der Waals surface area contributed by atoms with E-state index >= 15 is 0 Å². The fraction of sp³-hybridized carbons (Fsp3) is 0.385. The summed E-state index contributed by atoms with van der Waals surface area (Å²) in [6, 6.07) is 10.4. The van der Waals surface area contributed by atoms with E-state index in [1.165, 1.54) is 12.1 Å². The van der Waals surface area contributed by atoms with Gasteiger partial charge in [0.15, 0.2) is 23.9 Å². The molecular weight excluding hydrogens is 452 g/mol. The number of benzene rings is 2. The normalized spacial score (nSPS) is 18.8. The largest absolute Gasteiger partial charge is 0.486 e. The van der Waals surface area contributed by atoms with E-state index in [0.717, 1.165) is 25.7 Å². The van der Waals surface area contributed by atoms with Gasteiger partial charge in [0.2, 0.25) is 0 Å². The number of imide groups is 1. The molecular formula is C26H28N2O7. The first kappa shape index (κ1) is 24.3. The lowest BCUT2D eigenvalue weighted by Gasteiger charge is -2.29. The third-order valence-corrected chi connectivity index (χ3v) is 6.21. The molecule has 2 N–H and O–H groups in total. The van der Waals surface area contributed by atoms with Crippen molar-refractivity contribution in [2.45, 2.75) is 38.6 Å². The van der Waals surface area contributed by atoms with E-state index < -0.39 is 30.3 Å². The van der Waals surface area contributed by atoms with Crippen LogP contribution in [0.3, 0.4) is 0 Å². The molecule has 2 atom stereocenters. The van der Waals surface area contributed by atoms with Gasteiger partial charge in [-0.05, 0) is 43.0 Å². The Labute approximate surface area is 203 Å². The van der Waals surface area contributed by atoms with Gasteiger partial charge in [-0.25, -0.2) is 9.59 Å². The summed E-state index contributed by atoms with van der Waals surface area (Å²) in [6.07, 6.45) is 4.06. The van der Waals surface area contributed by atoms with Crippen molar-refractivity contribution in [3.05, 3.63) is 59.2 Å². The molecule has 3 amide bonds. The molecule has 2 aliphatic rings. The summed E-state index contributed by atoms with van der Waals surface area (Å²) in [4.78, 5) is 50.1. The molecule has 1 aliphatic carbocycles. The molecule has 2 aromatic rings. The second-order valence-corrected chi connectivity index (χ2v) is 8.70. The second-order valence-electron chi connectivity index (χ2n) is 8.70. The van der Waals surface area contributed by atoms with Crippen LogP contribution in [0, 0.1) is 5.92 Å². The molecule has 1 heterocycles. The number of hydrogen-bond acceptors (Lipinski definition) is 7.